The van der Waals surface area contributed by atoms with Gasteiger partial charge in [-0.1, -0.05) is 48.6 Å². The zero-order valence-corrected chi connectivity index (χ0v) is 14.3. The van der Waals surface area contributed by atoms with Crippen LogP contribution >= 0.6 is 11.8 Å². The van der Waals surface area contributed by atoms with Crippen LogP contribution in [0.25, 0.3) is 0 Å². The predicted octanol–water partition coefficient (Wildman–Crippen LogP) is 4.33. The molecule has 1 aromatic carbocycles. The van der Waals surface area contributed by atoms with E-state index in [0.29, 0.717) is 11.8 Å². The molecule has 1 aliphatic carbocycles. The Morgan fingerprint density at radius 3 is 2.38 bits per heavy atom. The molecule has 1 aromatic rings. The van der Waals surface area contributed by atoms with Crippen molar-refractivity contribution in [3.63, 3.8) is 0 Å². The Bertz CT molecular complexity index is 460. The van der Waals surface area contributed by atoms with Crippen molar-refractivity contribution in [2.75, 3.05) is 12.8 Å². The van der Waals surface area contributed by atoms with Crippen LogP contribution in [-0.4, -0.2) is 29.6 Å². The molecule has 0 heterocycles. The van der Waals surface area contributed by atoms with E-state index >= 15 is 0 Å². The van der Waals surface area contributed by atoms with Crippen LogP contribution in [0.4, 0.5) is 0 Å². The van der Waals surface area contributed by atoms with Gasteiger partial charge in [-0.25, -0.2) is 0 Å². The second-order valence-electron chi connectivity index (χ2n) is 6.29. The Morgan fingerprint density at radius 1 is 1.14 bits per heavy atom. The monoisotopic (exact) mass is 305 g/mol. The summed E-state index contributed by atoms with van der Waals surface area (Å²) >= 11 is 1.73. The molecule has 1 fully saturated rings. The van der Waals surface area contributed by atoms with Gasteiger partial charge in [-0.05, 0) is 32.3 Å². The zero-order chi connectivity index (χ0) is 15.2. The Balaban J connectivity index is 1.78. The Morgan fingerprint density at radius 2 is 1.76 bits per heavy atom. The number of thioether (sulfide) groups is 1. The highest BCUT2D eigenvalue weighted by Gasteiger charge is 2.21. The first-order valence-electron chi connectivity index (χ1n) is 7.97. The van der Waals surface area contributed by atoms with Crippen molar-refractivity contribution < 1.29 is 4.79 Å². The summed E-state index contributed by atoms with van der Waals surface area (Å²) in [4.78, 5) is 14.3. The molecule has 116 valence electrons. The van der Waals surface area contributed by atoms with E-state index in [2.05, 4.69) is 32.0 Å². The lowest BCUT2D eigenvalue weighted by Crippen LogP contribution is -2.39. The number of aryl methyl sites for hydroxylation is 2. The van der Waals surface area contributed by atoms with Crippen LogP contribution in [0.5, 0.6) is 0 Å². The average molecular weight is 305 g/mol. The van der Waals surface area contributed by atoms with Gasteiger partial charge in [0.15, 0.2) is 0 Å². The molecule has 0 bridgehead atoms. The summed E-state index contributed by atoms with van der Waals surface area (Å²) in [5, 5.41) is 0. The fourth-order valence-corrected chi connectivity index (χ4v) is 4.06. The van der Waals surface area contributed by atoms with Crippen LogP contribution in [0.15, 0.2) is 18.2 Å². The van der Waals surface area contributed by atoms with Gasteiger partial charge in [0.1, 0.15) is 0 Å². The summed E-state index contributed by atoms with van der Waals surface area (Å²) in [7, 11) is 1.98. The van der Waals surface area contributed by atoms with Crippen LogP contribution in [0.2, 0.25) is 0 Å². The molecule has 0 aromatic heterocycles. The van der Waals surface area contributed by atoms with E-state index in [-0.39, 0.29) is 5.91 Å². The van der Waals surface area contributed by atoms with Gasteiger partial charge in [-0.2, -0.15) is 0 Å². The normalized spacial score (nSPS) is 16.0. The molecule has 2 rings (SSSR count). The van der Waals surface area contributed by atoms with Crippen molar-refractivity contribution in [3.8, 4) is 0 Å². The highest BCUT2D eigenvalue weighted by atomic mass is 32.2. The van der Waals surface area contributed by atoms with Gasteiger partial charge in [0.2, 0.25) is 5.91 Å². The molecule has 21 heavy (non-hydrogen) atoms. The van der Waals surface area contributed by atoms with E-state index < -0.39 is 0 Å². The highest BCUT2D eigenvalue weighted by Crippen LogP contribution is 2.23. The first-order chi connectivity index (χ1) is 10.1. The van der Waals surface area contributed by atoms with Gasteiger partial charge in [-0.3, -0.25) is 4.79 Å². The second kappa shape index (κ2) is 7.88. The summed E-state index contributed by atoms with van der Waals surface area (Å²) in [5.41, 5.74) is 3.93. The molecular formula is C18H27NOS. The number of rotatable bonds is 5. The first kappa shape index (κ1) is 16.4. The molecule has 0 atom stereocenters. The molecule has 1 amide bonds. The van der Waals surface area contributed by atoms with Crippen molar-refractivity contribution in [2.45, 2.75) is 57.7 Å². The maximum atomic E-state index is 12.3. The standard InChI is InChI=1S/C18H27NOS/c1-14-9-15(2)11-16(10-14)12-21-13-18(20)19(3)17-7-5-4-6-8-17/h9-11,17H,4-8,12-13H2,1-3H3. The van der Waals surface area contributed by atoms with E-state index in [9.17, 15) is 4.79 Å². The maximum Gasteiger partial charge on any atom is 0.232 e. The number of hydrogen-bond donors (Lipinski definition) is 0. The van der Waals surface area contributed by atoms with Gasteiger partial charge in [0.05, 0.1) is 5.75 Å². The molecule has 0 radical (unpaired) electrons. The molecule has 1 saturated carbocycles. The minimum atomic E-state index is 0.288. The van der Waals surface area contributed by atoms with Gasteiger partial charge in [0.25, 0.3) is 0 Å². The smallest absolute Gasteiger partial charge is 0.232 e. The van der Waals surface area contributed by atoms with Crippen LogP contribution in [0.3, 0.4) is 0 Å². The third kappa shape index (κ3) is 5.06. The molecule has 0 aliphatic heterocycles. The molecule has 0 saturated heterocycles. The van der Waals surface area contributed by atoms with Crippen molar-refractivity contribution in [2.24, 2.45) is 0 Å². The van der Waals surface area contributed by atoms with Gasteiger partial charge < -0.3 is 4.90 Å². The summed E-state index contributed by atoms with van der Waals surface area (Å²) in [6.07, 6.45) is 6.25. The number of benzene rings is 1. The summed E-state index contributed by atoms with van der Waals surface area (Å²) in [6.45, 7) is 4.26. The number of nitrogens with zero attached hydrogens (tertiary/aromatic N) is 1. The number of carbonyl (C=O) groups excluding carboxylic acids is 1. The molecule has 3 heteroatoms. The van der Waals surface area contributed by atoms with Crippen LogP contribution < -0.4 is 0 Å². The number of hydrogen-bond acceptors (Lipinski definition) is 2. The minimum Gasteiger partial charge on any atom is -0.342 e. The third-order valence-corrected chi connectivity index (χ3v) is 5.28. The topological polar surface area (TPSA) is 20.3 Å². The van der Waals surface area contributed by atoms with Gasteiger partial charge in [-0.15, -0.1) is 11.8 Å². The first-order valence-corrected chi connectivity index (χ1v) is 9.12. The van der Waals surface area contributed by atoms with Crippen molar-refractivity contribution in [1.82, 2.24) is 4.90 Å². The predicted molar refractivity (Wildman–Crippen MR) is 91.7 cm³/mol. The molecule has 0 N–H and O–H groups in total. The van der Waals surface area contributed by atoms with E-state index in [1.807, 2.05) is 11.9 Å². The van der Waals surface area contributed by atoms with E-state index in [1.165, 1.54) is 48.8 Å². The Labute approximate surface area is 133 Å². The van der Waals surface area contributed by atoms with Crippen LogP contribution in [0.1, 0.15) is 48.8 Å². The van der Waals surface area contributed by atoms with Gasteiger partial charge in [0, 0.05) is 18.8 Å². The lowest BCUT2D eigenvalue weighted by atomic mass is 9.94. The number of amides is 1. The fraction of sp³-hybridized carbons (Fsp3) is 0.611. The molecular weight excluding hydrogens is 278 g/mol. The van der Waals surface area contributed by atoms with E-state index in [1.54, 1.807) is 11.8 Å². The van der Waals surface area contributed by atoms with E-state index in [0.717, 1.165) is 5.75 Å². The zero-order valence-electron chi connectivity index (χ0n) is 13.5. The Hall–Kier alpha value is -0.960. The largest absolute Gasteiger partial charge is 0.342 e. The molecule has 1 aliphatic rings. The van der Waals surface area contributed by atoms with Gasteiger partial charge >= 0.3 is 0 Å². The van der Waals surface area contributed by atoms with Crippen LogP contribution in [0, 0.1) is 13.8 Å². The SMILES string of the molecule is Cc1cc(C)cc(CSCC(=O)N(C)C2CCCCC2)c1. The maximum absolute atomic E-state index is 12.3. The Kier molecular flexibility index (Phi) is 6.16. The van der Waals surface area contributed by atoms with Crippen molar-refractivity contribution in [1.29, 1.82) is 0 Å². The molecule has 0 unspecified atom stereocenters. The lowest BCUT2D eigenvalue weighted by molar-refractivity contribution is -0.129. The minimum absolute atomic E-state index is 0.288. The summed E-state index contributed by atoms with van der Waals surface area (Å²) in [5.74, 6) is 1.81. The number of carbonyl (C=O) groups is 1. The molecule has 0 spiro atoms. The van der Waals surface area contributed by atoms with Crippen molar-refractivity contribution in [3.05, 3.63) is 34.9 Å². The molecule has 2 nitrogen and oxygen atoms in total. The second-order valence-corrected chi connectivity index (χ2v) is 7.27. The highest BCUT2D eigenvalue weighted by molar-refractivity contribution is 7.99. The quantitative estimate of drug-likeness (QED) is 0.807. The lowest BCUT2D eigenvalue weighted by Gasteiger charge is -2.31. The van der Waals surface area contributed by atoms with Crippen molar-refractivity contribution >= 4 is 17.7 Å². The summed E-state index contributed by atoms with van der Waals surface area (Å²) in [6, 6.07) is 7.11. The average Bonchev–Trinajstić information content (AvgIpc) is 2.46. The summed E-state index contributed by atoms with van der Waals surface area (Å²) < 4.78 is 0. The van der Waals surface area contributed by atoms with Crippen LogP contribution in [-0.2, 0) is 10.5 Å². The van der Waals surface area contributed by atoms with E-state index in [4.69, 9.17) is 0 Å². The fourth-order valence-electron chi connectivity index (χ4n) is 3.18. The third-order valence-electron chi connectivity index (χ3n) is 4.29.